The number of rotatable bonds is 6. The summed E-state index contributed by atoms with van der Waals surface area (Å²) in [5.74, 6) is 1.55. The van der Waals surface area contributed by atoms with Crippen LogP contribution >= 0.6 is 0 Å². The van der Waals surface area contributed by atoms with E-state index in [9.17, 15) is 0 Å². The maximum absolute atomic E-state index is 8.82. The molecular weight excluding hydrogens is 352 g/mol. The van der Waals surface area contributed by atoms with Crippen molar-refractivity contribution in [2.24, 2.45) is 5.92 Å². The zero-order chi connectivity index (χ0) is 19.3. The first-order valence-corrected chi connectivity index (χ1v) is 9.81. The van der Waals surface area contributed by atoms with Crippen LogP contribution in [0, 0.1) is 24.2 Å². The van der Waals surface area contributed by atoms with Gasteiger partial charge in [-0.2, -0.15) is 5.26 Å². The van der Waals surface area contributed by atoms with Crippen molar-refractivity contribution in [3.8, 4) is 11.8 Å². The van der Waals surface area contributed by atoms with E-state index in [2.05, 4.69) is 15.5 Å². The lowest BCUT2D eigenvalue weighted by Crippen LogP contribution is -2.27. The van der Waals surface area contributed by atoms with Crippen molar-refractivity contribution in [1.82, 2.24) is 15.5 Å². The van der Waals surface area contributed by atoms with Crippen LogP contribution in [0.4, 0.5) is 0 Å². The molecule has 1 fully saturated rings. The molecule has 0 amide bonds. The maximum atomic E-state index is 8.82. The summed E-state index contributed by atoms with van der Waals surface area (Å²) in [6.45, 7) is 4.63. The van der Waals surface area contributed by atoms with Crippen molar-refractivity contribution in [3.05, 3.63) is 53.0 Å². The number of benzene rings is 1. The Morgan fingerprint density at radius 3 is 2.86 bits per heavy atom. The summed E-state index contributed by atoms with van der Waals surface area (Å²) in [4.78, 5) is 4.07. The molecule has 3 aromatic rings. The van der Waals surface area contributed by atoms with Gasteiger partial charge in [0.15, 0.2) is 5.58 Å². The zero-order valence-electron chi connectivity index (χ0n) is 16.1. The van der Waals surface area contributed by atoms with E-state index in [4.69, 9.17) is 14.5 Å². The molecule has 1 aliphatic heterocycles. The van der Waals surface area contributed by atoms with Gasteiger partial charge in [-0.15, -0.1) is 0 Å². The minimum Gasteiger partial charge on any atom is -0.488 e. The van der Waals surface area contributed by atoms with E-state index in [0.717, 1.165) is 65.4 Å². The lowest BCUT2D eigenvalue weighted by Gasteiger charge is -2.21. The molecule has 0 bridgehead atoms. The molecule has 0 unspecified atom stereocenters. The Kier molecular flexibility index (Phi) is 5.54. The monoisotopic (exact) mass is 376 g/mol. The van der Waals surface area contributed by atoms with Crippen LogP contribution in [0.5, 0.6) is 5.75 Å². The van der Waals surface area contributed by atoms with E-state index in [1.807, 2.05) is 31.2 Å². The molecule has 1 aromatic carbocycles. The van der Waals surface area contributed by atoms with E-state index in [1.54, 1.807) is 12.3 Å². The quantitative estimate of drug-likeness (QED) is 0.702. The molecule has 144 valence electrons. The van der Waals surface area contributed by atoms with Crippen molar-refractivity contribution in [3.63, 3.8) is 0 Å². The average molecular weight is 376 g/mol. The van der Waals surface area contributed by atoms with E-state index in [1.165, 1.54) is 12.8 Å². The highest BCUT2D eigenvalue weighted by Gasteiger charge is 2.17. The SMILES string of the molecule is Cc1c(OCc2ccc(C#N)nc2)ccc2c(CCC3CCNCC3)noc12. The predicted octanol–water partition coefficient (Wildman–Crippen LogP) is 3.91. The molecule has 0 atom stereocenters. The van der Waals surface area contributed by atoms with Gasteiger partial charge < -0.3 is 14.6 Å². The van der Waals surface area contributed by atoms with E-state index in [-0.39, 0.29) is 0 Å². The minimum absolute atomic E-state index is 0.391. The lowest BCUT2D eigenvalue weighted by molar-refractivity contribution is 0.303. The number of ether oxygens (including phenoxy) is 1. The minimum atomic E-state index is 0.391. The van der Waals surface area contributed by atoms with Gasteiger partial charge in [-0.1, -0.05) is 11.2 Å². The number of fused-ring (bicyclic) bond motifs is 1. The van der Waals surface area contributed by atoms with Gasteiger partial charge in [0.2, 0.25) is 0 Å². The van der Waals surface area contributed by atoms with E-state index >= 15 is 0 Å². The van der Waals surface area contributed by atoms with Gasteiger partial charge in [-0.3, -0.25) is 0 Å². The van der Waals surface area contributed by atoms with Crippen LogP contribution in [0.1, 0.15) is 41.8 Å². The molecule has 1 aliphatic rings. The Morgan fingerprint density at radius 2 is 2.11 bits per heavy atom. The van der Waals surface area contributed by atoms with Gasteiger partial charge in [0, 0.05) is 22.7 Å². The highest BCUT2D eigenvalue weighted by Crippen LogP contribution is 2.31. The number of aryl methyl sites for hydroxylation is 2. The first-order valence-electron chi connectivity index (χ1n) is 9.81. The van der Waals surface area contributed by atoms with Crippen LogP contribution in [0.15, 0.2) is 35.0 Å². The predicted molar refractivity (Wildman–Crippen MR) is 106 cm³/mol. The molecule has 4 rings (SSSR count). The number of nitriles is 1. The average Bonchev–Trinajstić information content (AvgIpc) is 3.17. The van der Waals surface area contributed by atoms with Gasteiger partial charge in [-0.05, 0) is 69.8 Å². The standard InChI is InChI=1S/C22H24N4O2/c1-15-21(27-14-17-2-4-18(12-23)25-13-17)7-5-19-20(26-28-22(15)19)6-3-16-8-10-24-11-9-16/h2,4-5,7,13,16,24H,3,6,8-11,14H2,1H3. The van der Waals surface area contributed by atoms with E-state index < -0.39 is 0 Å². The second-order valence-electron chi connectivity index (χ2n) is 7.38. The Morgan fingerprint density at radius 1 is 1.25 bits per heavy atom. The molecule has 0 aliphatic carbocycles. The number of hydrogen-bond donors (Lipinski definition) is 1. The topological polar surface area (TPSA) is 84.0 Å². The summed E-state index contributed by atoms with van der Waals surface area (Å²) in [6.07, 6.45) is 6.27. The molecule has 6 nitrogen and oxygen atoms in total. The van der Waals surface area contributed by atoms with Gasteiger partial charge in [0.25, 0.3) is 0 Å². The molecule has 1 N–H and O–H groups in total. The molecule has 3 heterocycles. The van der Waals surface area contributed by atoms with Crippen LogP contribution in [0.2, 0.25) is 0 Å². The molecule has 0 radical (unpaired) electrons. The lowest BCUT2D eigenvalue weighted by atomic mass is 9.92. The fraction of sp³-hybridized carbons (Fsp3) is 0.409. The largest absolute Gasteiger partial charge is 0.488 e. The summed E-state index contributed by atoms with van der Waals surface area (Å²) in [5, 5.41) is 17.7. The van der Waals surface area contributed by atoms with Gasteiger partial charge >= 0.3 is 0 Å². The Hall–Kier alpha value is -2.91. The van der Waals surface area contributed by atoms with Crippen molar-refractivity contribution >= 4 is 11.0 Å². The molecule has 2 aromatic heterocycles. The van der Waals surface area contributed by atoms with Crippen LogP contribution < -0.4 is 10.1 Å². The van der Waals surface area contributed by atoms with Gasteiger partial charge in [0.1, 0.15) is 24.1 Å². The Balaban J connectivity index is 1.44. The number of aromatic nitrogens is 2. The van der Waals surface area contributed by atoms with Crippen molar-refractivity contribution in [1.29, 1.82) is 5.26 Å². The third-order valence-electron chi connectivity index (χ3n) is 5.50. The smallest absolute Gasteiger partial charge is 0.173 e. The summed E-state index contributed by atoms with van der Waals surface area (Å²) < 4.78 is 11.6. The Labute approximate surface area is 164 Å². The highest BCUT2D eigenvalue weighted by atomic mass is 16.5. The second-order valence-corrected chi connectivity index (χ2v) is 7.38. The fourth-order valence-corrected chi connectivity index (χ4v) is 3.75. The number of hydrogen-bond acceptors (Lipinski definition) is 6. The normalized spacial score (nSPS) is 14.9. The van der Waals surface area contributed by atoms with Gasteiger partial charge in [-0.25, -0.2) is 4.98 Å². The second kappa shape index (κ2) is 8.41. The number of nitrogens with one attached hydrogen (secondary N) is 1. The number of piperidine rings is 1. The van der Waals surface area contributed by atoms with Gasteiger partial charge in [0.05, 0.1) is 5.69 Å². The van der Waals surface area contributed by atoms with Crippen molar-refractivity contribution in [2.75, 3.05) is 13.1 Å². The molecule has 28 heavy (non-hydrogen) atoms. The summed E-state index contributed by atoms with van der Waals surface area (Å²) in [5.41, 5.74) is 4.12. The molecule has 0 spiro atoms. The van der Waals surface area contributed by atoms with E-state index in [0.29, 0.717) is 12.3 Å². The van der Waals surface area contributed by atoms with Crippen LogP contribution in [-0.4, -0.2) is 23.2 Å². The number of nitrogens with zero attached hydrogens (tertiary/aromatic N) is 3. The third-order valence-corrected chi connectivity index (χ3v) is 5.50. The fourth-order valence-electron chi connectivity index (χ4n) is 3.75. The first kappa shape index (κ1) is 18.5. The van der Waals surface area contributed by atoms with Crippen LogP contribution in [-0.2, 0) is 13.0 Å². The summed E-state index contributed by atoms with van der Waals surface area (Å²) in [7, 11) is 0. The van der Waals surface area contributed by atoms with Crippen molar-refractivity contribution in [2.45, 2.75) is 39.2 Å². The molecular formula is C22H24N4O2. The maximum Gasteiger partial charge on any atom is 0.173 e. The van der Waals surface area contributed by atoms with Crippen molar-refractivity contribution < 1.29 is 9.26 Å². The van der Waals surface area contributed by atoms with Crippen LogP contribution in [0.25, 0.3) is 11.0 Å². The molecule has 0 saturated carbocycles. The summed E-state index contributed by atoms with van der Waals surface area (Å²) in [6, 6.07) is 9.60. The third kappa shape index (κ3) is 4.00. The molecule has 1 saturated heterocycles. The first-order chi connectivity index (χ1) is 13.7. The zero-order valence-corrected chi connectivity index (χ0v) is 16.1. The highest BCUT2D eigenvalue weighted by molar-refractivity contribution is 5.84. The Bertz CT molecular complexity index is 982. The summed E-state index contributed by atoms with van der Waals surface area (Å²) >= 11 is 0. The molecule has 6 heteroatoms. The van der Waals surface area contributed by atoms with Crippen LogP contribution in [0.3, 0.4) is 0 Å². The number of pyridine rings is 1.